The Kier molecular flexibility index (Phi) is 5.11. The number of carbonyl (C=O) groups excluding carboxylic acids is 2. The van der Waals surface area contributed by atoms with Gasteiger partial charge in [-0.15, -0.1) is 0 Å². The van der Waals surface area contributed by atoms with Gasteiger partial charge < -0.3 is 15.8 Å². The summed E-state index contributed by atoms with van der Waals surface area (Å²) in [5.41, 5.74) is 4.98. The van der Waals surface area contributed by atoms with Crippen LogP contribution in [0.2, 0.25) is 0 Å². The number of hydrogen-bond acceptors (Lipinski definition) is 3. The molecule has 0 bridgehead atoms. The monoisotopic (exact) mass is 154 g/mol. The zero-order chi connectivity index (χ0) is 8.69. The van der Waals surface area contributed by atoms with Crippen molar-refractivity contribution in [1.29, 1.82) is 0 Å². The Bertz CT molecular complexity index is 179. The average Bonchev–Trinajstić information content (AvgIpc) is 1.97. The lowest BCUT2D eigenvalue weighted by molar-refractivity contribution is -0.116. The molecule has 4 nitrogen and oxygen atoms in total. The van der Waals surface area contributed by atoms with Crippen LogP contribution < -0.4 is 11.1 Å². The van der Waals surface area contributed by atoms with Gasteiger partial charge in [-0.3, -0.25) is 4.79 Å². The predicted molar refractivity (Wildman–Crippen MR) is 44.8 cm³/mol. The lowest BCUT2D eigenvalue weighted by atomic mass is 10.0. The van der Waals surface area contributed by atoms with Gasteiger partial charge >= 0.3 is 0 Å². The van der Waals surface area contributed by atoms with Crippen molar-refractivity contribution in [2.24, 2.45) is 5.73 Å². The van der Waals surface area contributed by atoms with Crippen molar-refractivity contribution in [1.82, 2.24) is 5.32 Å². The van der Waals surface area contributed by atoms with Gasteiger partial charge in [0.05, 0.1) is 0 Å². The van der Waals surface area contributed by atoms with Crippen LogP contribution in [0.4, 0.5) is 0 Å². The van der Waals surface area contributed by atoms with E-state index in [1.807, 2.05) is 0 Å². The topological polar surface area (TPSA) is 72.2 Å². The molecule has 0 atom stereocenters. The lowest BCUT2D eigenvalue weighted by Crippen LogP contribution is -2.27. The molecule has 0 saturated heterocycles. The van der Waals surface area contributed by atoms with Gasteiger partial charge in [0, 0.05) is 19.2 Å². The van der Waals surface area contributed by atoms with E-state index < -0.39 is 0 Å². The summed E-state index contributed by atoms with van der Waals surface area (Å²) < 4.78 is 0. The fraction of sp³-hybridized carbons (Fsp3) is 0.333. The maximum atomic E-state index is 10.7. The molecular formula is C6H11BN2O2. The van der Waals surface area contributed by atoms with E-state index in [9.17, 15) is 9.59 Å². The number of allylic oxidation sites excluding steroid dienone is 1. The van der Waals surface area contributed by atoms with Crippen LogP contribution in [0, 0.1) is 0 Å². The van der Waals surface area contributed by atoms with Crippen molar-refractivity contribution >= 4 is 19.4 Å². The molecule has 0 fully saturated rings. The first-order chi connectivity index (χ1) is 5.16. The SMILES string of the molecule is BC(=O)/C=C/C(=O)NCCN. The molecular weight excluding hydrogens is 143 g/mol. The molecule has 0 unspecified atom stereocenters. The fourth-order valence-corrected chi connectivity index (χ4v) is 0.447. The van der Waals surface area contributed by atoms with Gasteiger partial charge in [0.2, 0.25) is 5.91 Å². The molecule has 0 aromatic rings. The molecule has 0 aliphatic carbocycles. The largest absolute Gasteiger partial charge is 0.351 e. The number of carbonyl (C=O) groups is 2. The minimum atomic E-state index is -0.286. The summed E-state index contributed by atoms with van der Waals surface area (Å²) in [5.74, 6) is -0.286. The van der Waals surface area contributed by atoms with Crippen LogP contribution in [-0.4, -0.2) is 32.5 Å². The van der Waals surface area contributed by atoms with Crippen molar-refractivity contribution in [3.05, 3.63) is 12.2 Å². The molecule has 3 N–H and O–H groups in total. The fourth-order valence-electron chi connectivity index (χ4n) is 0.447. The second kappa shape index (κ2) is 5.67. The summed E-state index contributed by atoms with van der Waals surface area (Å²) in [5, 5.41) is 2.48. The van der Waals surface area contributed by atoms with Gasteiger partial charge in [0.25, 0.3) is 0 Å². The van der Waals surface area contributed by atoms with Crippen molar-refractivity contribution in [2.45, 2.75) is 0 Å². The van der Waals surface area contributed by atoms with Gasteiger partial charge in [-0.1, -0.05) is 0 Å². The Labute approximate surface area is 66.2 Å². The first-order valence-electron chi connectivity index (χ1n) is 3.33. The molecule has 0 spiro atoms. The lowest BCUT2D eigenvalue weighted by Gasteiger charge is -1.95. The number of nitrogens with two attached hydrogens (primary N) is 1. The van der Waals surface area contributed by atoms with Gasteiger partial charge in [-0.05, 0) is 6.08 Å². The van der Waals surface area contributed by atoms with Crippen molar-refractivity contribution in [3.8, 4) is 0 Å². The highest BCUT2D eigenvalue weighted by Crippen LogP contribution is 1.72. The zero-order valence-corrected chi connectivity index (χ0v) is 6.46. The first-order valence-corrected chi connectivity index (χ1v) is 3.33. The van der Waals surface area contributed by atoms with Gasteiger partial charge in [-0.25, -0.2) is 0 Å². The van der Waals surface area contributed by atoms with E-state index in [2.05, 4.69) is 5.32 Å². The zero-order valence-electron chi connectivity index (χ0n) is 6.46. The summed E-state index contributed by atoms with van der Waals surface area (Å²) in [7, 11) is 1.38. The summed E-state index contributed by atoms with van der Waals surface area (Å²) in [6.45, 7) is 0.834. The van der Waals surface area contributed by atoms with Crippen LogP contribution in [0.15, 0.2) is 12.2 Å². The highest BCUT2D eigenvalue weighted by Gasteiger charge is 1.92. The summed E-state index contributed by atoms with van der Waals surface area (Å²) in [6, 6.07) is 0. The number of nitrogens with one attached hydrogen (secondary N) is 1. The van der Waals surface area contributed by atoms with Gasteiger partial charge in [0.1, 0.15) is 5.68 Å². The summed E-state index contributed by atoms with van der Waals surface area (Å²) in [6.07, 6.45) is 2.41. The Hall–Kier alpha value is -1.10. The van der Waals surface area contributed by atoms with Gasteiger partial charge in [-0.2, -0.15) is 0 Å². The third-order valence-corrected chi connectivity index (χ3v) is 0.913. The Morgan fingerprint density at radius 3 is 2.55 bits per heavy atom. The van der Waals surface area contributed by atoms with Crippen molar-refractivity contribution in [2.75, 3.05) is 13.1 Å². The van der Waals surface area contributed by atoms with Crippen LogP contribution in [0.3, 0.4) is 0 Å². The second-order valence-corrected chi connectivity index (χ2v) is 2.02. The highest BCUT2D eigenvalue weighted by atomic mass is 16.1. The third kappa shape index (κ3) is 6.79. The molecule has 60 valence electrons. The van der Waals surface area contributed by atoms with E-state index in [1.54, 1.807) is 0 Å². The smallest absolute Gasteiger partial charge is 0.244 e. The number of amides is 1. The average molecular weight is 154 g/mol. The molecule has 0 saturated carbocycles. The minimum absolute atomic E-state index is 0.145. The molecule has 0 aromatic heterocycles. The summed E-state index contributed by atoms with van der Waals surface area (Å²) >= 11 is 0. The van der Waals surface area contributed by atoms with E-state index >= 15 is 0 Å². The summed E-state index contributed by atoms with van der Waals surface area (Å²) in [4.78, 5) is 21.0. The Balaban J connectivity index is 3.60. The normalized spacial score (nSPS) is 9.91. The Morgan fingerprint density at radius 1 is 1.45 bits per heavy atom. The Morgan fingerprint density at radius 2 is 2.09 bits per heavy atom. The molecule has 0 aliphatic rings. The number of hydrogen-bond donors (Lipinski definition) is 2. The molecule has 0 aromatic carbocycles. The van der Waals surface area contributed by atoms with Gasteiger partial charge in [0.15, 0.2) is 7.85 Å². The molecule has 1 amide bonds. The molecule has 0 rings (SSSR count). The standard InChI is InChI=1S/C6H11BN2O2/c7-5(10)1-2-6(11)9-4-3-8/h1-2H,3-4,7-8H2,(H,9,11)/b2-1+. The second-order valence-electron chi connectivity index (χ2n) is 2.02. The van der Waals surface area contributed by atoms with E-state index in [1.165, 1.54) is 20.0 Å². The van der Waals surface area contributed by atoms with E-state index in [0.717, 1.165) is 0 Å². The molecule has 11 heavy (non-hydrogen) atoms. The maximum absolute atomic E-state index is 10.7. The van der Waals surface area contributed by atoms with Crippen molar-refractivity contribution in [3.63, 3.8) is 0 Å². The van der Waals surface area contributed by atoms with Crippen molar-refractivity contribution < 1.29 is 9.59 Å². The minimum Gasteiger partial charge on any atom is -0.351 e. The van der Waals surface area contributed by atoms with E-state index in [-0.39, 0.29) is 11.6 Å². The van der Waals surface area contributed by atoms with Crippen LogP contribution in [-0.2, 0) is 9.59 Å². The molecule has 0 aliphatic heterocycles. The predicted octanol–water partition coefficient (Wildman–Crippen LogP) is -2.22. The third-order valence-electron chi connectivity index (χ3n) is 0.913. The van der Waals surface area contributed by atoms with E-state index in [4.69, 9.17) is 5.73 Å². The van der Waals surface area contributed by atoms with Crippen LogP contribution in [0.5, 0.6) is 0 Å². The first kappa shape index (κ1) is 9.90. The molecule has 0 radical (unpaired) electrons. The molecule has 0 heterocycles. The number of rotatable bonds is 4. The van der Waals surface area contributed by atoms with Crippen LogP contribution in [0.1, 0.15) is 0 Å². The van der Waals surface area contributed by atoms with Crippen LogP contribution >= 0.6 is 0 Å². The van der Waals surface area contributed by atoms with E-state index in [0.29, 0.717) is 13.1 Å². The highest BCUT2D eigenvalue weighted by molar-refractivity contribution is 6.61. The van der Waals surface area contributed by atoms with Crippen LogP contribution in [0.25, 0.3) is 0 Å². The quantitative estimate of drug-likeness (QED) is 0.355. The molecule has 5 heteroatoms. The maximum Gasteiger partial charge on any atom is 0.244 e.